The topological polar surface area (TPSA) is 81.2 Å². The Morgan fingerprint density at radius 3 is 2.96 bits per heavy atom. The molecule has 0 fully saturated rings. The fraction of sp³-hybridized carbons (Fsp3) is 0.200. The highest BCUT2D eigenvalue weighted by molar-refractivity contribution is 7.16. The number of hydrogen-bond donors (Lipinski definition) is 0. The summed E-state index contributed by atoms with van der Waals surface area (Å²) in [5.41, 5.74) is 2.84. The molecule has 7 nitrogen and oxygen atoms in total. The van der Waals surface area contributed by atoms with Crippen LogP contribution >= 0.6 is 11.3 Å². The van der Waals surface area contributed by atoms with Gasteiger partial charge in [-0.25, -0.2) is 9.78 Å². The van der Waals surface area contributed by atoms with Gasteiger partial charge in [-0.1, -0.05) is 18.2 Å². The molecule has 5 rings (SSSR count). The number of para-hydroxylation sites is 1. The minimum atomic E-state index is -0.647. The van der Waals surface area contributed by atoms with E-state index in [9.17, 15) is 9.59 Å². The number of nitrogens with zero attached hydrogens (tertiary/aromatic N) is 4. The number of rotatable bonds is 2. The number of aromatic nitrogens is 3. The Labute approximate surface area is 163 Å². The fourth-order valence-corrected chi connectivity index (χ4v) is 4.56. The number of hydrogen-bond acceptors (Lipinski definition) is 6. The first-order valence-electron chi connectivity index (χ1n) is 8.85. The van der Waals surface area contributed by atoms with Crippen LogP contribution in [0.2, 0.25) is 0 Å². The number of carbonyl (C=O) groups excluding carboxylic acids is 1. The smallest absolute Gasteiger partial charge is 0.349 e. The van der Waals surface area contributed by atoms with E-state index < -0.39 is 11.5 Å². The quantitative estimate of drug-likeness (QED) is 0.490. The van der Waals surface area contributed by atoms with Crippen LogP contribution in [0.3, 0.4) is 0 Å². The van der Waals surface area contributed by atoms with Gasteiger partial charge in [0.25, 0.3) is 5.91 Å². The van der Waals surface area contributed by atoms with Gasteiger partial charge in [0.2, 0.25) is 0 Å². The number of benzene rings is 1. The predicted molar refractivity (Wildman–Crippen MR) is 107 cm³/mol. The lowest BCUT2D eigenvalue weighted by Gasteiger charge is -2.13. The van der Waals surface area contributed by atoms with E-state index in [0.717, 1.165) is 34.7 Å². The third-order valence-electron chi connectivity index (χ3n) is 5.06. The zero-order valence-electron chi connectivity index (χ0n) is 15.3. The van der Waals surface area contributed by atoms with Crippen molar-refractivity contribution in [1.29, 1.82) is 0 Å². The van der Waals surface area contributed by atoms with E-state index in [4.69, 9.17) is 4.42 Å². The first kappa shape index (κ1) is 16.9. The summed E-state index contributed by atoms with van der Waals surface area (Å²) < 4.78 is 7.17. The van der Waals surface area contributed by atoms with Gasteiger partial charge in [0.1, 0.15) is 11.1 Å². The second-order valence-corrected chi connectivity index (χ2v) is 7.81. The SMILES string of the molecule is CN(C(=O)c1cc2ccccc2oc1=O)c1nc2c(s1)CCc1c-2cnn1C. The third kappa shape index (κ3) is 2.49. The van der Waals surface area contributed by atoms with E-state index in [1.807, 2.05) is 24.0 Å². The first-order chi connectivity index (χ1) is 13.5. The zero-order chi connectivity index (χ0) is 19.4. The Balaban J connectivity index is 1.54. The van der Waals surface area contributed by atoms with Gasteiger partial charge < -0.3 is 4.42 Å². The van der Waals surface area contributed by atoms with E-state index in [0.29, 0.717) is 16.1 Å². The van der Waals surface area contributed by atoms with E-state index >= 15 is 0 Å². The highest BCUT2D eigenvalue weighted by Gasteiger charge is 2.27. The van der Waals surface area contributed by atoms with Crippen LogP contribution in [0.15, 0.2) is 45.7 Å². The summed E-state index contributed by atoms with van der Waals surface area (Å²) in [7, 11) is 3.55. The Morgan fingerprint density at radius 2 is 2.11 bits per heavy atom. The van der Waals surface area contributed by atoms with Crippen LogP contribution in [0.25, 0.3) is 22.2 Å². The molecule has 1 aromatic carbocycles. The number of anilines is 1. The minimum Gasteiger partial charge on any atom is -0.422 e. The number of amides is 1. The number of thiazole rings is 1. The Hall–Kier alpha value is -3.26. The van der Waals surface area contributed by atoms with Crippen LogP contribution in [-0.2, 0) is 19.9 Å². The number of carbonyl (C=O) groups is 1. The maximum atomic E-state index is 13.0. The molecule has 3 aromatic heterocycles. The fourth-order valence-electron chi connectivity index (χ4n) is 3.53. The molecule has 4 aromatic rings. The second kappa shape index (κ2) is 6.13. The van der Waals surface area contributed by atoms with Crippen molar-refractivity contribution in [2.24, 2.45) is 7.05 Å². The normalized spacial score (nSPS) is 12.6. The summed E-state index contributed by atoms with van der Waals surface area (Å²) in [5, 5.41) is 5.58. The number of aryl methyl sites for hydroxylation is 2. The molecule has 0 bridgehead atoms. The lowest BCUT2D eigenvalue weighted by Crippen LogP contribution is -2.30. The molecular weight excluding hydrogens is 376 g/mol. The molecule has 3 heterocycles. The summed E-state index contributed by atoms with van der Waals surface area (Å²) in [4.78, 5) is 32.5. The molecule has 1 aliphatic carbocycles. The first-order valence-corrected chi connectivity index (χ1v) is 9.66. The van der Waals surface area contributed by atoms with Crippen molar-refractivity contribution in [3.63, 3.8) is 0 Å². The van der Waals surface area contributed by atoms with Crippen LogP contribution in [0.1, 0.15) is 20.9 Å². The van der Waals surface area contributed by atoms with Crippen LogP contribution in [0.4, 0.5) is 5.13 Å². The summed E-state index contributed by atoms with van der Waals surface area (Å²) >= 11 is 1.47. The van der Waals surface area contributed by atoms with Gasteiger partial charge in [0.15, 0.2) is 5.13 Å². The molecule has 140 valence electrons. The molecule has 0 saturated carbocycles. The standard InChI is InChI=1S/C20H16N4O3S/c1-23(18(25)12-9-11-5-3-4-6-15(11)27-19(12)26)20-22-17-13-10-21-24(2)14(13)7-8-16(17)28-20/h3-6,9-10H,7-8H2,1-2H3. The lowest BCUT2D eigenvalue weighted by molar-refractivity contribution is 0.0989. The van der Waals surface area contributed by atoms with Crippen molar-refractivity contribution in [2.45, 2.75) is 12.8 Å². The van der Waals surface area contributed by atoms with Crippen LogP contribution < -0.4 is 10.5 Å². The van der Waals surface area contributed by atoms with E-state index in [1.165, 1.54) is 16.2 Å². The summed E-state index contributed by atoms with van der Waals surface area (Å²) in [6.45, 7) is 0. The molecule has 0 N–H and O–H groups in total. The molecule has 0 aliphatic heterocycles. The monoisotopic (exact) mass is 392 g/mol. The zero-order valence-corrected chi connectivity index (χ0v) is 16.1. The van der Waals surface area contributed by atoms with Crippen LogP contribution in [0.5, 0.6) is 0 Å². The van der Waals surface area contributed by atoms with E-state index in [-0.39, 0.29) is 5.56 Å². The van der Waals surface area contributed by atoms with Gasteiger partial charge in [0.05, 0.1) is 11.9 Å². The molecule has 0 spiro atoms. The van der Waals surface area contributed by atoms with Gasteiger partial charge >= 0.3 is 5.63 Å². The molecule has 0 unspecified atom stereocenters. The Kier molecular flexibility index (Phi) is 3.70. The molecular formula is C20H16N4O3S. The second-order valence-electron chi connectivity index (χ2n) is 6.75. The maximum Gasteiger partial charge on any atom is 0.349 e. The highest BCUT2D eigenvalue weighted by atomic mass is 32.1. The highest BCUT2D eigenvalue weighted by Crippen LogP contribution is 2.39. The predicted octanol–water partition coefficient (Wildman–Crippen LogP) is 3.03. The van der Waals surface area contributed by atoms with E-state index in [2.05, 4.69) is 10.1 Å². The van der Waals surface area contributed by atoms with Crippen molar-refractivity contribution in [3.8, 4) is 11.3 Å². The van der Waals surface area contributed by atoms with Gasteiger partial charge in [-0.3, -0.25) is 14.4 Å². The average Bonchev–Trinajstić information content (AvgIpc) is 3.30. The summed E-state index contributed by atoms with van der Waals surface area (Å²) in [6, 6.07) is 8.70. The summed E-state index contributed by atoms with van der Waals surface area (Å²) in [6.07, 6.45) is 3.57. The van der Waals surface area contributed by atoms with Gasteiger partial charge in [0, 0.05) is 35.6 Å². The van der Waals surface area contributed by atoms with Gasteiger partial charge in [-0.05, 0) is 25.0 Å². The maximum absolute atomic E-state index is 13.0. The van der Waals surface area contributed by atoms with Crippen molar-refractivity contribution >= 4 is 33.3 Å². The average molecular weight is 392 g/mol. The van der Waals surface area contributed by atoms with Crippen LogP contribution in [-0.4, -0.2) is 27.7 Å². The molecule has 0 atom stereocenters. The molecule has 0 saturated heterocycles. The van der Waals surface area contributed by atoms with Crippen molar-refractivity contribution in [1.82, 2.24) is 14.8 Å². The van der Waals surface area contributed by atoms with Gasteiger partial charge in [-0.2, -0.15) is 5.10 Å². The molecule has 1 aliphatic rings. The lowest BCUT2D eigenvalue weighted by atomic mass is 10.0. The van der Waals surface area contributed by atoms with E-state index in [1.54, 1.807) is 31.3 Å². The summed E-state index contributed by atoms with van der Waals surface area (Å²) in [5.74, 6) is -0.433. The number of fused-ring (bicyclic) bond motifs is 4. The van der Waals surface area contributed by atoms with Gasteiger partial charge in [-0.15, -0.1) is 11.3 Å². The molecule has 0 radical (unpaired) electrons. The minimum absolute atomic E-state index is 0.00330. The Morgan fingerprint density at radius 1 is 1.29 bits per heavy atom. The molecule has 28 heavy (non-hydrogen) atoms. The third-order valence-corrected chi connectivity index (χ3v) is 6.25. The Bertz CT molecular complexity index is 1300. The molecule has 1 amide bonds. The molecule has 8 heteroatoms. The van der Waals surface area contributed by atoms with Crippen LogP contribution in [0, 0.1) is 0 Å². The van der Waals surface area contributed by atoms with Crippen molar-refractivity contribution < 1.29 is 9.21 Å². The van der Waals surface area contributed by atoms with Crippen molar-refractivity contribution in [2.75, 3.05) is 11.9 Å². The largest absolute Gasteiger partial charge is 0.422 e. The van der Waals surface area contributed by atoms with Crippen molar-refractivity contribution in [3.05, 3.63) is 63.1 Å².